The van der Waals surface area contributed by atoms with Crippen molar-refractivity contribution in [2.75, 3.05) is 5.75 Å². The predicted molar refractivity (Wildman–Crippen MR) is 146 cm³/mol. The Morgan fingerprint density at radius 3 is 2.37 bits per heavy atom. The van der Waals surface area contributed by atoms with Crippen LogP contribution in [0.5, 0.6) is 5.75 Å². The molecular weight excluding hydrogens is 560 g/mol. The number of thioether (sulfide) groups is 1. The highest BCUT2D eigenvalue weighted by Gasteiger charge is 2.31. The van der Waals surface area contributed by atoms with Gasteiger partial charge in [-0.05, 0) is 47.7 Å². The second-order valence-electron chi connectivity index (χ2n) is 7.47. The number of rotatable bonds is 7. The second kappa shape index (κ2) is 12.3. The minimum absolute atomic E-state index is 0.312. The maximum Gasteiger partial charge on any atom is 0.573 e. The molecule has 0 radical (unpaired) electrons. The number of aliphatic imine (C=N–C) groups is 1. The van der Waals surface area contributed by atoms with Crippen LogP contribution in [-0.2, 0) is 0 Å². The molecule has 7 nitrogen and oxygen atoms in total. The standard InChI is InChI=1S/C25H19Cl2F3N6OS/c1-2-38-24(33-22-20(26)4-3-5-21(22)27)34-32-14-16-6-8-17(9-7-16)23-31-15-36(35-23)18-10-12-19(13-11-18)37-25(28,29)30/h3-15H,2H2,1H3,(H,33,34)/b32-14-. The molecule has 4 rings (SSSR count). The lowest BCUT2D eigenvalue weighted by Crippen LogP contribution is -2.17. The molecule has 196 valence electrons. The lowest BCUT2D eigenvalue weighted by Gasteiger charge is -2.09. The maximum absolute atomic E-state index is 12.4. The summed E-state index contributed by atoms with van der Waals surface area (Å²) in [5.41, 5.74) is 5.50. The number of hydrogen-bond acceptors (Lipinski definition) is 6. The number of nitrogens with zero attached hydrogens (tertiary/aromatic N) is 5. The van der Waals surface area contributed by atoms with Crippen LogP contribution >= 0.6 is 35.0 Å². The molecule has 1 heterocycles. The number of nitrogens with one attached hydrogen (secondary N) is 1. The van der Waals surface area contributed by atoms with Gasteiger partial charge in [0.25, 0.3) is 0 Å². The number of para-hydroxylation sites is 1. The molecule has 0 bridgehead atoms. The van der Waals surface area contributed by atoms with Gasteiger partial charge in [-0.25, -0.2) is 14.7 Å². The highest BCUT2D eigenvalue weighted by Crippen LogP contribution is 2.33. The van der Waals surface area contributed by atoms with Crippen molar-refractivity contribution in [2.24, 2.45) is 10.1 Å². The van der Waals surface area contributed by atoms with Gasteiger partial charge in [-0.3, -0.25) is 5.43 Å². The number of alkyl halides is 3. The van der Waals surface area contributed by atoms with Crippen LogP contribution in [0.25, 0.3) is 17.1 Å². The normalized spacial score (nSPS) is 12.2. The van der Waals surface area contributed by atoms with Crippen LogP contribution in [-0.4, -0.2) is 38.3 Å². The van der Waals surface area contributed by atoms with Crippen LogP contribution in [0.15, 0.2) is 83.2 Å². The molecule has 1 N–H and O–H groups in total. The van der Waals surface area contributed by atoms with Gasteiger partial charge in [0, 0.05) is 5.56 Å². The van der Waals surface area contributed by atoms with Gasteiger partial charge in [0.2, 0.25) is 0 Å². The van der Waals surface area contributed by atoms with E-state index in [2.05, 4.69) is 30.3 Å². The van der Waals surface area contributed by atoms with Gasteiger partial charge in [-0.1, -0.05) is 72.2 Å². The highest BCUT2D eigenvalue weighted by molar-refractivity contribution is 8.13. The summed E-state index contributed by atoms with van der Waals surface area (Å²) in [6.45, 7) is 1.99. The van der Waals surface area contributed by atoms with Crippen molar-refractivity contribution >= 4 is 52.0 Å². The molecule has 3 aromatic carbocycles. The summed E-state index contributed by atoms with van der Waals surface area (Å²) in [5, 5.41) is 10.1. The van der Waals surface area contributed by atoms with Crippen LogP contribution in [0.3, 0.4) is 0 Å². The first-order valence-electron chi connectivity index (χ1n) is 11.0. The molecule has 0 amide bonds. The van der Waals surface area contributed by atoms with Crippen LogP contribution in [0.4, 0.5) is 18.9 Å². The van der Waals surface area contributed by atoms with Crippen LogP contribution in [0.2, 0.25) is 10.0 Å². The van der Waals surface area contributed by atoms with Crippen molar-refractivity contribution in [3.05, 3.63) is 88.7 Å². The molecule has 0 aliphatic carbocycles. The van der Waals surface area contributed by atoms with Crippen molar-refractivity contribution in [2.45, 2.75) is 13.3 Å². The van der Waals surface area contributed by atoms with E-state index in [0.29, 0.717) is 32.4 Å². The predicted octanol–water partition coefficient (Wildman–Crippen LogP) is 7.50. The van der Waals surface area contributed by atoms with Gasteiger partial charge >= 0.3 is 6.36 Å². The van der Waals surface area contributed by atoms with Gasteiger partial charge in [0.05, 0.1) is 21.9 Å². The van der Waals surface area contributed by atoms with Gasteiger partial charge in [0.1, 0.15) is 17.8 Å². The van der Waals surface area contributed by atoms with Gasteiger partial charge < -0.3 is 4.74 Å². The minimum atomic E-state index is -4.75. The van der Waals surface area contributed by atoms with E-state index in [1.807, 2.05) is 31.2 Å². The largest absolute Gasteiger partial charge is 0.573 e. The first-order chi connectivity index (χ1) is 18.2. The quantitative estimate of drug-likeness (QED) is 0.139. The zero-order chi connectivity index (χ0) is 27.1. The second-order valence-corrected chi connectivity index (χ2v) is 9.53. The topological polar surface area (TPSA) is 76.7 Å². The van der Waals surface area contributed by atoms with E-state index in [9.17, 15) is 13.2 Å². The smallest absolute Gasteiger partial charge is 0.406 e. The maximum atomic E-state index is 12.4. The summed E-state index contributed by atoms with van der Waals surface area (Å²) in [5.74, 6) is 0.906. The number of amidine groups is 1. The lowest BCUT2D eigenvalue weighted by atomic mass is 10.1. The molecule has 0 saturated carbocycles. The molecular formula is C25H19Cl2F3N6OS. The molecule has 4 aromatic rings. The zero-order valence-electron chi connectivity index (χ0n) is 19.7. The Kier molecular flexibility index (Phi) is 8.93. The third-order valence-corrected chi connectivity index (χ3v) is 6.16. The Bertz CT molecular complexity index is 1420. The number of benzene rings is 3. The number of hydrogen-bond donors (Lipinski definition) is 1. The van der Waals surface area contributed by atoms with Crippen molar-refractivity contribution in [1.29, 1.82) is 0 Å². The number of halogens is 5. The SMILES string of the molecule is CCSC(=Nc1c(Cl)cccc1Cl)N/N=C\c1ccc(-c2ncn(-c3ccc(OC(F)(F)F)cc3)n2)cc1. The first kappa shape index (κ1) is 27.5. The van der Waals surface area contributed by atoms with E-state index in [-0.39, 0.29) is 5.75 Å². The summed E-state index contributed by atoms with van der Waals surface area (Å²) in [6, 6.07) is 17.9. The van der Waals surface area contributed by atoms with E-state index in [1.165, 1.54) is 47.0 Å². The summed E-state index contributed by atoms with van der Waals surface area (Å²) in [7, 11) is 0. The lowest BCUT2D eigenvalue weighted by molar-refractivity contribution is -0.274. The van der Waals surface area contributed by atoms with Crippen molar-refractivity contribution in [1.82, 2.24) is 20.2 Å². The summed E-state index contributed by atoms with van der Waals surface area (Å²) >= 11 is 13.9. The highest BCUT2D eigenvalue weighted by atomic mass is 35.5. The Morgan fingerprint density at radius 1 is 1.05 bits per heavy atom. The summed E-state index contributed by atoms with van der Waals surface area (Å²) < 4.78 is 42.4. The summed E-state index contributed by atoms with van der Waals surface area (Å²) in [4.78, 5) is 8.78. The molecule has 0 aliphatic rings. The fourth-order valence-electron chi connectivity index (χ4n) is 3.12. The average molecular weight is 579 g/mol. The van der Waals surface area contributed by atoms with Gasteiger partial charge in [-0.2, -0.15) is 5.10 Å². The molecule has 38 heavy (non-hydrogen) atoms. The molecule has 0 aliphatic heterocycles. The third-order valence-electron chi connectivity index (χ3n) is 4.80. The van der Waals surface area contributed by atoms with Crippen LogP contribution in [0.1, 0.15) is 12.5 Å². The first-order valence-corrected chi connectivity index (χ1v) is 12.8. The van der Waals surface area contributed by atoms with Crippen LogP contribution < -0.4 is 10.2 Å². The Balaban J connectivity index is 1.41. The fourth-order valence-corrected chi connectivity index (χ4v) is 4.15. The fraction of sp³-hybridized carbons (Fsp3) is 0.120. The minimum Gasteiger partial charge on any atom is -0.406 e. The molecule has 0 saturated heterocycles. The molecule has 0 fully saturated rings. The number of ether oxygens (including phenoxy) is 1. The Labute approximate surface area is 230 Å². The van der Waals surface area contributed by atoms with Crippen molar-refractivity contribution in [3.8, 4) is 22.8 Å². The zero-order valence-corrected chi connectivity index (χ0v) is 22.0. The van der Waals surface area contributed by atoms with Crippen molar-refractivity contribution < 1.29 is 17.9 Å². The average Bonchev–Trinajstić information content (AvgIpc) is 3.37. The Hall–Kier alpha value is -3.54. The van der Waals surface area contributed by atoms with E-state index in [1.54, 1.807) is 24.4 Å². The van der Waals surface area contributed by atoms with E-state index >= 15 is 0 Å². The van der Waals surface area contributed by atoms with Gasteiger partial charge in [-0.15, -0.1) is 18.3 Å². The third kappa shape index (κ3) is 7.50. The number of aromatic nitrogens is 3. The molecule has 0 unspecified atom stereocenters. The molecule has 0 atom stereocenters. The van der Waals surface area contributed by atoms with E-state index < -0.39 is 6.36 Å². The molecule has 0 spiro atoms. The van der Waals surface area contributed by atoms with Crippen molar-refractivity contribution in [3.63, 3.8) is 0 Å². The van der Waals surface area contributed by atoms with Gasteiger partial charge in [0.15, 0.2) is 11.0 Å². The number of hydrazone groups is 1. The van der Waals surface area contributed by atoms with Crippen LogP contribution in [0, 0.1) is 0 Å². The Morgan fingerprint density at radius 2 is 1.74 bits per heavy atom. The monoisotopic (exact) mass is 578 g/mol. The van der Waals surface area contributed by atoms with E-state index in [0.717, 1.165) is 16.9 Å². The molecule has 1 aromatic heterocycles. The molecule has 13 heteroatoms. The van der Waals surface area contributed by atoms with E-state index in [4.69, 9.17) is 23.2 Å². The summed E-state index contributed by atoms with van der Waals surface area (Å²) in [6.07, 6.45) is -1.63.